The van der Waals surface area contributed by atoms with Gasteiger partial charge in [0.2, 0.25) is 5.95 Å². The predicted molar refractivity (Wildman–Crippen MR) is 186 cm³/mol. The van der Waals surface area contributed by atoms with Crippen LogP contribution in [0, 0.1) is 6.92 Å². The number of amides is 1. The van der Waals surface area contributed by atoms with E-state index in [2.05, 4.69) is 40.3 Å². The molecule has 1 amide bonds. The highest BCUT2D eigenvalue weighted by atomic mass is 16.2. The Morgan fingerprint density at radius 3 is 2.54 bits per heavy atom. The molecule has 0 atom stereocenters. The molecule has 0 bridgehead atoms. The fourth-order valence-electron chi connectivity index (χ4n) is 4.44. The SMILES string of the molecule is Cc1cc(N(C)CCN(C)C)c(N)cc1Nc1nccc(-c2c(C(=O)N(C)C)n(C)c3ccccc23)n1.[3HH].[3H][3H].[3H][3H].[3H][3H].[3H][3H].[3H][3H].[3H][3H].[3H][3H].[3H][3H].[3H][3H].[3H][3H].[3H][3H].[3H][3H].[3H][3H].[3H][3H].[3H][3H]. The number of benzene rings is 2. The van der Waals surface area contributed by atoms with Crippen LogP contribution in [-0.2, 0) is 7.05 Å². The zero-order valence-corrected chi connectivity index (χ0v) is 22.7. The Morgan fingerprint density at radius 1 is 1.11 bits per heavy atom. The summed E-state index contributed by atoms with van der Waals surface area (Å²) in [6.07, 6.45) is 1.71. The van der Waals surface area contributed by atoms with Gasteiger partial charge in [-0.25, -0.2) is 9.97 Å². The van der Waals surface area contributed by atoms with Crippen molar-refractivity contribution in [3.63, 3.8) is 0 Å². The number of rotatable bonds is 8. The number of carbonyl (C=O) groups excluding carboxylic acids is 1. The second-order valence-corrected chi connectivity index (χ2v) is 9.84. The highest BCUT2D eigenvalue weighted by Gasteiger charge is 2.24. The number of para-hydroxylation sites is 1. The fourth-order valence-corrected chi connectivity index (χ4v) is 4.44. The molecule has 0 aliphatic rings. The van der Waals surface area contributed by atoms with Gasteiger partial charge < -0.3 is 30.3 Å². The largest absolute Gasteiger partial charge is 0.397 e. The Morgan fingerprint density at radius 2 is 1.84 bits per heavy atom. The van der Waals surface area contributed by atoms with Crippen LogP contribution in [0.25, 0.3) is 22.2 Å². The first kappa shape index (κ1) is 12.9. The zero-order chi connectivity index (χ0) is 56.9. The van der Waals surface area contributed by atoms with Gasteiger partial charge in [-0.3, -0.25) is 4.79 Å². The van der Waals surface area contributed by atoms with E-state index in [0.29, 0.717) is 23.0 Å². The second kappa shape index (κ2) is 10.5. The Balaban J connectivity index is -0.0000000759. The molecule has 0 saturated carbocycles. The quantitative estimate of drug-likeness (QED) is 0.200. The topological polar surface area (TPSA) is 95.5 Å². The number of aromatic nitrogens is 3. The number of fused-ring (bicyclic) bond motifs is 1. The lowest BCUT2D eigenvalue weighted by molar-refractivity contribution is 0.0819. The minimum atomic E-state index is -0.0839. The zero-order valence-electron chi connectivity index (χ0n) is 52.7. The van der Waals surface area contributed by atoms with E-state index >= 15 is 0 Å². The van der Waals surface area contributed by atoms with Gasteiger partial charge in [0.1, 0.15) is 5.69 Å². The van der Waals surface area contributed by atoms with Crippen LogP contribution in [0.1, 0.15) is 62.0 Å². The summed E-state index contributed by atoms with van der Waals surface area (Å²) in [6, 6.07) is 13.8. The summed E-state index contributed by atoms with van der Waals surface area (Å²) in [4.78, 5) is 28.3. The van der Waals surface area contributed by atoms with Crippen LogP contribution in [0.15, 0.2) is 48.7 Å². The first-order chi connectivity index (χ1) is 32.6. The number of nitrogens with one attached hydrogen (secondary N) is 1. The van der Waals surface area contributed by atoms with Gasteiger partial charge in [0.25, 0.3) is 5.91 Å². The number of nitrogen functional groups attached to an aromatic ring is 1. The van der Waals surface area contributed by atoms with Crippen LogP contribution in [0.2, 0.25) is 0 Å². The summed E-state index contributed by atoms with van der Waals surface area (Å²) < 4.78 is 152. The molecule has 0 unspecified atom stereocenters. The number of nitrogens with two attached hydrogens (primary N) is 1. The second-order valence-electron chi connectivity index (χ2n) is 9.84. The smallest absolute Gasteiger partial charge is 0.270 e. The molecule has 0 fully saturated rings. The Hall–Kier alpha value is -4.11. The number of likely N-dealkylation sites (N-methyl/N-ethyl adjacent to an activating group) is 2. The van der Waals surface area contributed by atoms with E-state index in [9.17, 15) is 4.79 Å². The molecule has 0 saturated heterocycles. The highest BCUT2D eigenvalue weighted by Crippen LogP contribution is 2.35. The monoisotopic (exact) mass is 595 g/mol. The Bertz CT molecular complexity index is 1510. The third kappa shape index (κ3) is 5.22. The lowest BCUT2D eigenvalue weighted by atomic mass is 10.1. The van der Waals surface area contributed by atoms with Crippen molar-refractivity contribution in [2.75, 3.05) is 64.3 Å². The van der Waals surface area contributed by atoms with E-state index in [0.717, 1.165) is 46.5 Å². The summed E-state index contributed by atoms with van der Waals surface area (Å²) in [5, 5.41) is 4.30. The van der Waals surface area contributed by atoms with Gasteiger partial charge in [0, 0.05) is 116 Å². The minimum absolute atomic E-state index is 0. The maximum absolute atomic E-state index is 13.2. The molecule has 4 aromatic rings. The Labute approximate surface area is 266 Å². The third-order valence-corrected chi connectivity index (χ3v) is 6.54. The molecule has 4 rings (SSSR count). The van der Waals surface area contributed by atoms with Gasteiger partial charge in [0.05, 0.1) is 17.1 Å². The lowest BCUT2D eigenvalue weighted by Gasteiger charge is -2.24. The highest BCUT2D eigenvalue weighted by molar-refractivity contribution is 6.09. The molecule has 9 nitrogen and oxygen atoms in total. The number of hydrogen-bond donors (Lipinski definition) is 2. The van der Waals surface area contributed by atoms with E-state index in [4.69, 9.17) is 55.3 Å². The van der Waals surface area contributed by atoms with Crippen LogP contribution in [0.3, 0.4) is 0 Å². The normalized spacial score (nSPS) is 14.5. The molecule has 0 radical (unpaired) electrons. The van der Waals surface area contributed by atoms with E-state index in [1.54, 1.807) is 25.2 Å². The first-order valence-corrected chi connectivity index (χ1v) is 12.2. The van der Waals surface area contributed by atoms with Crippen LogP contribution in [0.5, 0.6) is 0 Å². The van der Waals surface area contributed by atoms with E-state index in [1.807, 2.05) is 62.0 Å². The summed E-state index contributed by atoms with van der Waals surface area (Å²) in [6.45, 7) is 3.84. The van der Waals surface area contributed by atoms with Crippen molar-refractivity contribution in [1.82, 2.24) is 24.3 Å². The minimum Gasteiger partial charge on any atom is -0.397 e. The molecule has 0 aliphatic heterocycles. The number of carbonyl (C=O) groups is 1. The first-order valence-electron chi connectivity index (χ1n) is 27.2. The molecular weight excluding hydrogens is 464 g/mol. The summed E-state index contributed by atoms with van der Waals surface area (Å²) >= 11 is 0. The number of nitrogens with zero attached hydrogens (tertiary/aromatic N) is 6. The number of aryl methyl sites for hydroxylation is 2. The van der Waals surface area contributed by atoms with Crippen molar-refractivity contribution in [2.24, 2.45) is 7.05 Å². The van der Waals surface area contributed by atoms with Crippen molar-refractivity contribution >= 4 is 39.8 Å². The summed E-state index contributed by atoms with van der Waals surface area (Å²) in [7, 11) is 11.6. The Kier molecular flexibility index (Phi) is 3.66. The van der Waals surface area contributed by atoms with Crippen LogP contribution in [0.4, 0.5) is 23.0 Å². The van der Waals surface area contributed by atoms with Crippen LogP contribution < -0.4 is 16.0 Å². The van der Waals surface area contributed by atoms with Crippen molar-refractivity contribution in [2.45, 2.75) is 6.92 Å². The average Bonchev–Trinajstić information content (AvgIpc) is 3.74. The standard InChI is InChI=1S/C28H36N8O.16H2/c1-18-16-24(35(6)15-14-33(2)3)20(29)17-22(18)32-28-30-13-12-21(31-28)25-19-10-8-9-11-23(19)36(7)26(25)27(37)34(4)5;;;;;;;;;;;;;;;;/h8-13,16-17H,14-15,29H2,1-7H3,(H,30,31,32);16*1H/i;15*1+2T;1+2. The van der Waals surface area contributed by atoms with Gasteiger partial charge in [-0.2, -0.15) is 0 Å². The van der Waals surface area contributed by atoms with Gasteiger partial charge in [-0.1, -0.05) is 18.2 Å². The van der Waals surface area contributed by atoms with Gasteiger partial charge in [-0.15, -0.1) is 0 Å². The molecule has 2 aromatic heterocycles. The number of hydrogen-bond acceptors (Lipinski definition) is 7. The molecule has 9 heteroatoms. The van der Waals surface area contributed by atoms with Gasteiger partial charge >= 0.3 is 0 Å². The maximum atomic E-state index is 13.2. The van der Waals surface area contributed by atoms with Gasteiger partial charge in [0.15, 0.2) is 0 Å². The van der Waals surface area contributed by atoms with E-state index in [1.165, 1.54) is 0 Å². The van der Waals surface area contributed by atoms with E-state index in [-0.39, 0.29) is 7.33 Å². The van der Waals surface area contributed by atoms with Crippen molar-refractivity contribution in [1.29, 1.82) is 0 Å². The third-order valence-electron chi connectivity index (χ3n) is 6.54. The van der Waals surface area contributed by atoms with Crippen molar-refractivity contribution < 1.29 is 50.8 Å². The molecule has 0 aliphatic carbocycles. The van der Waals surface area contributed by atoms with E-state index < -0.39 is 0 Å². The van der Waals surface area contributed by atoms with Crippen molar-refractivity contribution in [3.8, 4) is 11.3 Å². The molecule has 2 heterocycles. The molecule has 37 heavy (non-hydrogen) atoms. The summed E-state index contributed by atoms with van der Waals surface area (Å²) in [5.41, 5.74) is 13.0. The molecule has 0 spiro atoms. The predicted octanol–water partition coefficient (Wildman–Crippen LogP) is 7.91. The van der Waals surface area contributed by atoms with Crippen molar-refractivity contribution in [3.05, 3.63) is 59.9 Å². The van der Waals surface area contributed by atoms with Crippen LogP contribution >= 0.6 is 0 Å². The van der Waals surface area contributed by atoms with Crippen LogP contribution in [-0.4, -0.2) is 78.6 Å². The number of anilines is 4. The molecule has 2 aromatic carbocycles. The average molecular weight is 595 g/mol. The molecular formula is C28H68N8O. The molecule has 3 N–H and O–H groups in total. The summed E-state index contributed by atoms with van der Waals surface area (Å²) in [5.74, 6) is 0.351. The van der Waals surface area contributed by atoms with Gasteiger partial charge in [-0.05, 0) is 50.8 Å². The lowest BCUT2D eigenvalue weighted by Crippen LogP contribution is -2.29. The molecule has 226 valence electrons. The maximum Gasteiger partial charge on any atom is 0.270 e. The fraction of sp³-hybridized carbons (Fsp3) is 0.321.